The van der Waals surface area contributed by atoms with Crippen LogP contribution in [0.1, 0.15) is 24.8 Å². The van der Waals surface area contributed by atoms with Crippen molar-refractivity contribution in [2.45, 2.75) is 31.9 Å². The molecule has 0 saturated carbocycles. The zero-order valence-corrected chi connectivity index (χ0v) is 13.6. The van der Waals surface area contributed by atoms with E-state index in [1.807, 2.05) is 6.07 Å². The summed E-state index contributed by atoms with van der Waals surface area (Å²) in [6, 6.07) is 5.26. The Balaban J connectivity index is 1.70. The fraction of sp³-hybridized carbons (Fsp3) is 0.625. The van der Waals surface area contributed by atoms with Gasteiger partial charge in [-0.25, -0.2) is 0 Å². The van der Waals surface area contributed by atoms with Crippen molar-refractivity contribution in [1.29, 1.82) is 0 Å². The fourth-order valence-electron chi connectivity index (χ4n) is 2.85. The lowest BCUT2D eigenvalue weighted by molar-refractivity contribution is -0.384. The highest BCUT2D eigenvalue weighted by atomic mass is 16.6. The van der Waals surface area contributed by atoms with Crippen LogP contribution in [-0.2, 0) is 6.54 Å². The highest BCUT2D eigenvalue weighted by Gasteiger charge is 2.16. The molecule has 3 N–H and O–H groups in total. The quantitative estimate of drug-likeness (QED) is 0.382. The Morgan fingerprint density at radius 3 is 2.78 bits per heavy atom. The minimum atomic E-state index is -0.361. The molecule has 0 radical (unpaired) electrons. The minimum absolute atomic E-state index is 0.110. The van der Waals surface area contributed by atoms with Gasteiger partial charge in [-0.1, -0.05) is 6.07 Å². The Hall–Kier alpha value is -1.70. The Morgan fingerprint density at radius 1 is 1.39 bits per heavy atom. The topological polar surface area (TPSA) is 90.7 Å². The lowest BCUT2D eigenvalue weighted by Crippen LogP contribution is -2.37. The van der Waals surface area contributed by atoms with Crippen molar-refractivity contribution in [3.63, 3.8) is 0 Å². The highest BCUT2D eigenvalue weighted by molar-refractivity contribution is 5.62. The summed E-state index contributed by atoms with van der Waals surface area (Å²) in [5.74, 6) is 0. The lowest BCUT2D eigenvalue weighted by atomic mass is 10.1. The zero-order valence-electron chi connectivity index (χ0n) is 13.6. The van der Waals surface area contributed by atoms with Gasteiger partial charge in [-0.3, -0.25) is 10.1 Å². The number of likely N-dealkylation sites (tertiary alicyclic amines) is 1. The van der Waals surface area contributed by atoms with Crippen LogP contribution >= 0.6 is 0 Å². The predicted molar refractivity (Wildman–Crippen MR) is 90.6 cm³/mol. The molecule has 7 heteroatoms. The van der Waals surface area contributed by atoms with E-state index in [0.29, 0.717) is 12.2 Å². The first kappa shape index (κ1) is 17.7. The molecule has 1 aliphatic heterocycles. The Bertz CT molecular complexity index is 516. The zero-order chi connectivity index (χ0) is 16.7. The van der Waals surface area contributed by atoms with Gasteiger partial charge in [0.15, 0.2) is 0 Å². The van der Waals surface area contributed by atoms with Crippen LogP contribution in [0.2, 0.25) is 0 Å². The van der Waals surface area contributed by atoms with E-state index in [1.54, 1.807) is 19.2 Å². The summed E-state index contributed by atoms with van der Waals surface area (Å²) in [7, 11) is 1.68. The summed E-state index contributed by atoms with van der Waals surface area (Å²) in [5, 5.41) is 26.7. The second-order valence-electron chi connectivity index (χ2n) is 5.96. The maximum absolute atomic E-state index is 11.0. The number of nitro groups is 1. The average Bonchev–Trinajstić information content (AvgIpc) is 2.56. The number of rotatable bonds is 8. The van der Waals surface area contributed by atoms with Crippen molar-refractivity contribution < 1.29 is 10.0 Å². The van der Waals surface area contributed by atoms with Crippen molar-refractivity contribution in [3.8, 4) is 0 Å². The van der Waals surface area contributed by atoms with Crippen LogP contribution in [0, 0.1) is 10.1 Å². The van der Waals surface area contributed by atoms with Crippen molar-refractivity contribution in [1.82, 2.24) is 10.2 Å². The molecule has 23 heavy (non-hydrogen) atoms. The van der Waals surface area contributed by atoms with Gasteiger partial charge < -0.3 is 20.6 Å². The molecule has 1 aromatic carbocycles. The van der Waals surface area contributed by atoms with E-state index in [0.717, 1.165) is 51.0 Å². The second-order valence-corrected chi connectivity index (χ2v) is 5.96. The molecular formula is C16H26N4O3. The van der Waals surface area contributed by atoms with E-state index in [9.17, 15) is 15.2 Å². The smallest absolute Gasteiger partial charge is 0.292 e. The molecule has 0 aromatic heterocycles. The standard InChI is InChI=1S/C16H26N4O3/c1-17-15-4-3-13(11-16(15)20(22)23)12-18-7-2-8-19-9-5-14(21)6-10-19/h3-4,11,14,17-18,21H,2,5-10,12H2,1H3. The predicted octanol–water partition coefficient (Wildman–Crippen LogP) is 1.57. The minimum Gasteiger partial charge on any atom is -0.393 e. The van der Waals surface area contributed by atoms with Gasteiger partial charge in [0.25, 0.3) is 5.69 Å². The molecule has 1 aliphatic rings. The van der Waals surface area contributed by atoms with Crippen molar-refractivity contribution >= 4 is 11.4 Å². The molecule has 0 spiro atoms. The normalized spacial score (nSPS) is 16.4. The van der Waals surface area contributed by atoms with Crippen LogP contribution in [0.4, 0.5) is 11.4 Å². The number of benzene rings is 1. The summed E-state index contributed by atoms with van der Waals surface area (Å²) in [6.07, 6.45) is 2.65. The Morgan fingerprint density at radius 2 is 2.13 bits per heavy atom. The van der Waals surface area contributed by atoms with E-state index < -0.39 is 0 Å². The van der Waals surface area contributed by atoms with E-state index in [2.05, 4.69) is 15.5 Å². The Labute approximate surface area is 136 Å². The van der Waals surface area contributed by atoms with Gasteiger partial charge in [-0.2, -0.15) is 0 Å². The molecule has 7 nitrogen and oxygen atoms in total. The fourth-order valence-corrected chi connectivity index (χ4v) is 2.85. The van der Waals surface area contributed by atoms with Crippen LogP contribution < -0.4 is 10.6 Å². The number of anilines is 1. The van der Waals surface area contributed by atoms with Gasteiger partial charge in [0.2, 0.25) is 0 Å². The first-order valence-corrected chi connectivity index (χ1v) is 8.16. The van der Waals surface area contributed by atoms with Crippen molar-refractivity contribution in [3.05, 3.63) is 33.9 Å². The van der Waals surface area contributed by atoms with Crippen LogP contribution in [0.5, 0.6) is 0 Å². The molecular weight excluding hydrogens is 296 g/mol. The maximum Gasteiger partial charge on any atom is 0.292 e. The monoisotopic (exact) mass is 322 g/mol. The number of aliphatic hydroxyl groups excluding tert-OH is 1. The SMILES string of the molecule is CNc1ccc(CNCCCN2CCC(O)CC2)cc1[N+](=O)[O-]. The molecule has 1 saturated heterocycles. The summed E-state index contributed by atoms with van der Waals surface area (Å²) in [5.41, 5.74) is 1.56. The largest absolute Gasteiger partial charge is 0.393 e. The second kappa shape index (κ2) is 8.81. The van der Waals surface area contributed by atoms with Crippen LogP contribution in [0.15, 0.2) is 18.2 Å². The van der Waals surface area contributed by atoms with Crippen molar-refractivity contribution in [2.24, 2.45) is 0 Å². The average molecular weight is 322 g/mol. The van der Waals surface area contributed by atoms with E-state index in [-0.39, 0.29) is 16.7 Å². The first-order valence-electron chi connectivity index (χ1n) is 8.16. The third-order valence-corrected chi connectivity index (χ3v) is 4.24. The number of hydrogen-bond acceptors (Lipinski definition) is 6. The van der Waals surface area contributed by atoms with Crippen LogP contribution in [-0.4, -0.2) is 54.3 Å². The van der Waals surface area contributed by atoms with Gasteiger partial charge in [-0.15, -0.1) is 0 Å². The summed E-state index contributed by atoms with van der Waals surface area (Å²) in [4.78, 5) is 13.0. The third-order valence-electron chi connectivity index (χ3n) is 4.24. The molecule has 0 atom stereocenters. The maximum atomic E-state index is 11.0. The molecule has 128 valence electrons. The third kappa shape index (κ3) is 5.46. The number of piperidine rings is 1. The van der Waals surface area contributed by atoms with Gasteiger partial charge >= 0.3 is 0 Å². The molecule has 1 fully saturated rings. The summed E-state index contributed by atoms with van der Waals surface area (Å²) in [6.45, 7) is 4.47. The van der Waals surface area contributed by atoms with E-state index in [4.69, 9.17) is 0 Å². The molecule has 0 bridgehead atoms. The van der Waals surface area contributed by atoms with Gasteiger partial charge in [-0.05, 0) is 44.0 Å². The molecule has 0 amide bonds. The number of nitrogens with zero attached hydrogens (tertiary/aromatic N) is 2. The molecule has 0 aliphatic carbocycles. The van der Waals surface area contributed by atoms with Crippen LogP contribution in [0.25, 0.3) is 0 Å². The Kier molecular flexibility index (Phi) is 6.76. The van der Waals surface area contributed by atoms with Crippen molar-refractivity contribution in [2.75, 3.05) is 38.5 Å². The number of aliphatic hydroxyl groups is 1. The number of nitro benzene ring substituents is 1. The number of hydrogen-bond donors (Lipinski definition) is 3. The summed E-state index contributed by atoms with van der Waals surface area (Å²) >= 11 is 0. The highest BCUT2D eigenvalue weighted by Crippen LogP contribution is 2.24. The summed E-state index contributed by atoms with van der Waals surface area (Å²) < 4.78 is 0. The molecule has 0 unspecified atom stereocenters. The number of nitrogens with one attached hydrogen (secondary N) is 2. The molecule has 1 aromatic rings. The first-order chi connectivity index (χ1) is 11.1. The van der Waals surface area contributed by atoms with Gasteiger partial charge in [0.05, 0.1) is 11.0 Å². The van der Waals surface area contributed by atoms with E-state index in [1.165, 1.54) is 0 Å². The van der Waals surface area contributed by atoms with Gasteiger partial charge in [0, 0.05) is 32.7 Å². The van der Waals surface area contributed by atoms with Crippen LogP contribution in [0.3, 0.4) is 0 Å². The molecule has 1 heterocycles. The van der Waals surface area contributed by atoms with E-state index >= 15 is 0 Å². The molecule has 2 rings (SSSR count). The van der Waals surface area contributed by atoms with Gasteiger partial charge in [0.1, 0.15) is 5.69 Å². The lowest BCUT2D eigenvalue weighted by Gasteiger charge is -2.29.